The van der Waals surface area contributed by atoms with E-state index in [-0.39, 0.29) is 18.6 Å². The predicted octanol–water partition coefficient (Wildman–Crippen LogP) is 5.15. The molecule has 0 radical (unpaired) electrons. The van der Waals surface area contributed by atoms with Gasteiger partial charge < -0.3 is 19.6 Å². The van der Waals surface area contributed by atoms with E-state index in [1.165, 1.54) is 0 Å². The molecule has 3 N–H and O–H groups in total. The van der Waals surface area contributed by atoms with Gasteiger partial charge in [-0.05, 0) is 25.7 Å². The zero-order valence-corrected chi connectivity index (χ0v) is 19.5. The molecular weight excluding hydrogens is 383 g/mol. The molecule has 0 aromatic heterocycles. The van der Waals surface area contributed by atoms with Crippen molar-refractivity contribution >= 4 is 13.8 Å². The number of rotatable bonds is 15. The van der Waals surface area contributed by atoms with E-state index in [0.29, 0.717) is 19.3 Å². The summed E-state index contributed by atoms with van der Waals surface area (Å²) in [4.78, 5) is 30.1. The van der Waals surface area contributed by atoms with Crippen LogP contribution in [0.3, 0.4) is 0 Å². The Kier molecular flexibility index (Phi) is 11.5. The van der Waals surface area contributed by atoms with E-state index in [1.807, 2.05) is 48.5 Å². The standard InChI is InChI=1S/C20H41O7P/c1-8-12-16(19(5,6)14-18(21)22)26-17(13-9-2)20(7,11-4)15(10-3)27-28(23,24)25/h15-17H,8-14H2,1-7H3,(H,21,22)(H2,23,24,25). The number of carboxylic acid groups (broad SMARTS) is 1. The molecule has 0 bridgehead atoms. The Bertz CT molecular complexity index is 517. The number of carbonyl (C=O) groups is 1. The van der Waals surface area contributed by atoms with Gasteiger partial charge in [0, 0.05) is 10.8 Å². The molecule has 0 amide bonds. The first-order valence-electron chi connectivity index (χ1n) is 10.4. The van der Waals surface area contributed by atoms with Crippen LogP contribution in [0.4, 0.5) is 0 Å². The molecule has 0 saturated carbocycles. The van der Waals surface area contributed by atoms with E-state index in [2.05, 4.69) is 0 Å². The first-order chi connectivity index (χ1) is 12.8. The highest BCUT2D eigenvalue weighted by Crippen LogP contribution is 2.48. The molecule has 4 atom stereocenters. The minimum Gasteiger partial charge on any atom is -0.481 e. The maximum Gasteiger partial charge on any atom is 0.469 e. The second-order valence-electron chi connectivity index (χ2n) is 8.60. The van der Waals surface area contributed by atoms with Crippen molar-refractivity contribution in [2.75, 3.05) is 0 Å². The second kappa shape index (κ2) is 11.7. The normalized spacial score (nSPS) is 18.3. The highest BCUT2D eigenvalue weighted by Gasteiger charge is 2.45. The van der Waals surface area contributed by atoms with Crippen molar-refractivity contribution in [2.45, 2.75) is 112 Å². The molecule has 0 aromatic carbocycles. The maximum absolute atomic E-state index is 11.5. The number of aliphatic carboxylic acids is 1. The summed E-state index contributed by atoms with van der Waals surface area (Å²) in [7, 11) is -4.64. The summed E-state index contributed by atoms with van der Waals surface area (Å²) in [6.07, 6.45) is 2.92. The fourth-order valence-corrected chi connectivity index (χ4v) is 4.63. The summed E-state index contributed by atoms with van der Waals surface area (Å²) in [5.74, 6) is -0.865. The maximum atomic E-state index is 11.5. The van der Waals surface area contributed by atoms with E-state index >= 15 is 0 Å². The Morgan fingerprint density at radius 1 is 0.964 bits per heavy atom. The van der Waals surface area contributed by atoms with Crippen molar-refractivity contribution in [1.29, 1.82) is 0 Å². The number of carboxylic acids is 1. The van der Waals surface area contributed by atoms with Crippen LogP contribution in [0.1, 0.15) is 93.4 Å². The van der Waals surface area contributed by atoms with Gasteiger partial charge in [0.15, 0.2) is 0 Å². The summed E-state index contributed by atoms with van der Waals surface area (Å²) in [6.45, 7) is 13.6. The van der Waals surface area contributed by atoms with Crippen LogP contribution in [0.5, 0.6) is 0 Å². The Hall–Kier alpha value is -0.460. The van der Waals surface area contributed by atoms with Gasteiger partial charge in [-0.2, -0.15) is 0 Å². The largest absolute Gasteiger partial charge is 0.481 e. The molecule has 168 valence electrons. The molecule has 8 heteroatoms. The third-order valence-electron chi connectivity index (χ3n) is 5.78. The average molecular weight is 425 g/mol. The smallest absolute Gasteiger partial charge is 0.469 e. The van der Waals surface area contributed by atoms with Crippen molar-refractivity contribution in [3.63, 3.8) is 0 Å². The van der Waals surface area contributed by atoms with Crippen LogP contribution >= 0.6 is 7.82 Å². The number of phosphoric ester groups is 1. The number of phosphoric acid groups is 1. The monoisotopic (exact) mass is 424 g/mol. The number of hydrogen-bond donors (Lipinski definition) is 3. The highest BCUT2D eigenvalue weighted by atomic mass is 31.2. The van der Waals surface area contributed by atoms with Crippen LogP contribution in [0.25, 0.3) is 0 Å². The number of ether oxygens (including phenoxy) is 1. The molecule has 0 aliphatic rings. The van der Waals surface area contributed by atoms with Crippen molar-refractivity contribution in [2.24, 2.45) is 10.8 Å². The van der Waals surface area contributed by atoms with Crippen LogP contribution in [0, 0.1) is 10.8 Å². The van der Waals surface area contributed by atoms with Crippen molar-refractivity contribution < 1.29 is 33.5 Å². The van der Waals surface area contributed by atoms with Gasteiger partial charge >= 0.3 is 13.8 Å². The lowest BCUT2D eigenvalue weighted by atomic mass is 9.73. The summed E-state index contributed by atoms with van der Waals surface area (Å²) < 4.78 is 23.2. The van der Waals surface area contributed by atoms with Crippen molar-refractivity contribution in [1.82, 2.24) is 0 Å². The first kappa shape index (κ1) is 27.5. The SMILES string of the molecule is CCCC(OC(CCC)C(C)(CC)C(CC)OP(=O)(O)O)C(C)(C)CC(=O)O. The van der Waals surface area contributed by atoms with Crippen molar-refractivity contribution in [3.8, 4) is 0 Å². The average Bonchev–Trinajstić information content (AvgIpc) is 2.55. The van der Waals surface area contributed by atoms with Crippen LogP contribution in [0.2, 0.25) is 0 Å². The molecule has 0 rings (SSSR count). The van der Waals surface area contributed by atoms with Gasteiger partial charge in [-0.1, -0.05) is 61.3 Å². The van der Waals surface area contributed by atoms with Gasteiger partial charge in [-0.25, -0.2) is 4.57 Å². The van der Waals surface area contributed by atoms with Gasteiger partial charge in [-0.3, -0.25) is 9.32 Å². The fraction of sp³-hybridized carbons (Fsp3) is 0.950. The molecule has 0 spiro atoms. The van der Waals surface area contributed by atoms with Crippen molar-refractivity contribution in [3.05, 3.63) is 0 Å². The number of hydrogen-bond acceptors (Lipinski definition) is 4. The molecule has 0 heterocycles. The quantitative estimate of drug-likeness (QED) is 0.312. The lowest BCUT2D eigenvalue weighted by Crippen LogP contribution is -2.48. The zero-order chi connectivity index (χ0) is 22.2. The zero-order valence-electron chi connectivity index (χ0n) is 18.6. The highest BCUT2D eigenvalue weighted by molar-refractivity contribution is 7.46. The van der Waals surface area contributed by atoms with Crippen LogP contribution in [-0.2, 0) is 18.6 Å². The molecule has 0 aliphatic carbocycles. The Morgan fingerprint density at radius 3 is 1.82 bits per heavy atom. The van der Waals surface area contributed by atoms with E-state index in [0.717, 1.165) is 19.3 Å². The summed E-state index contributed by atoms with van der Waals surface area (Å²) in [5, 5.41) is 9.30. The van der Waals surface area contributed by atoms with Crippen LogP contribution in [0.15, 0.2) is 0 Å². The summed E-state index contributed by atoms with van der Waals surface area (Å²) in [6, 6.07) is 0. The lowest BCUT2D eigenvalue weighted by Gasteiger charge is -2.46. The summed E-state index contributed by atoms with van der Waals surface area (Å²) in [5.41, 5.74) is -1.18. The van der Waals surface area contributed by atoms with E-state index in [9.17, 15) is 24.3 Å². The minimum absolute atomic E-state index is 0.00443. The summed E-state index contributed by atoms with van der Waals surface area (Å²) >= 11 is 0. The Morgan fingerprint density at radius 2 is 1.46 bits per heavy atom. The fourth-order valence-electron chi connectivity index (χ4n) is 3.91. The predicted molar refractivity (Wildman–Crippen MR) is 110 cm³/mol. The van der Waals surface area contributed by atoms with Gasteiger partial charge in [0.2, 0.25) is 0 Å². The van der Waals surface area contributed by atoms with Gasteiger partial charge in [0.25, 0.3) is 0 Å². The molecule has 7 nitrogen and oxygen atoms in total. The van der Waals surface area contributed by atoms with E-state index in [1.54, 1.807) is 0 Å². The van der Waals surface area contributed by atoms with Crippen LogP contribution < -0.4 is 0 Å². The van der Waals surface area contributed by atoms with Crippen LogP contribution in [-0.4, -0.2) is 39.2 Å². The molecule has 0 aromatic rings. The molecule has 0 saturated heterocycles. The van der Waals surface area contributed by atoms with Gasteiger partial charge in [-0.15, -0.1) is 0 Å². The third kappa shape index (κ3) is 8.50. The molecule has 4 unspecified atom stereocenters. The molecular formula is C20H41O7P. The molecule has 0 fully saturated rings. The van der Waals surface area contributed by atoms with E-state index < -0.39 is 30.7 Å². The minimum atomic E-state index is -4.64. The van der Waals surface area contributed by atoms with Gasteiger partial charge in [0.05, 0.1) is 24.7 Å². The van der Waals surface area contributed by atoms with E-state index in [4.69, 9.17) is 9.26 Å². The second-order valence-corrected chi connectivity index (χ2v) is 9.79. The Labute approximate surface area is 170 Å². The lowest BCUT2D eigenvalue weighted by molar-refractivity contribution is -0.163. The third-order valence-corrected chi connectivity index (χ3v) is 6.31. The van der Waals surface area contributed by atoms with Gasteiger partial charge in [0.1, 0.15) is 0 Å². The molecule has 28 heavy (non-hydrogen) atoms. The first-order valence-corrected chi connectivity index (χ1v) is 11.9. The Balaban J connectivity index is 5.88. The molecule has 0 aliphatic heterocycles. The topological polar surface area (TPSA) is 113 Å².